The van der Waals surface area contributed by atoms with Gasteiger partial charge in [0.25, 0.3) is 0 Å². The smallest absolute Gasteiger partial charge is 0.235 e. The quantitative estimate of drug-likeness (QED) is 0.346. The number of rotatable bonds is 5. The number of benzene rings is 3. The van der Waals surface area contributed by atoms with Crippen LogP contribution in [0.4, 0.5) is 0 Å². The van der Waals surface area contributed by atoms with Crippen molar-refractivity contribution in [3.05, 3.63) is 98.7 Å². The van der Waals surface area contributed by atoms with Crippen LogP contribution in [-0.2, 0) is 6.61 Å². The van der Waals surface area contributed by atoms with Crippen LogP contribution in [0.1, 0.15) is 36.5 Å². The van der Waals surface area contributed by atoms with Crippen LogP contribution >= 0.6 is 11.6 Å². The van der Waals surface area contributed by atoms with Gasteiger partial charge in [0.2, 0.25) is 11.2 Å². The highest BCUT2D eigenvalue weighted by atomic mass is 35.5. The van der Waals surface area contributed by atoms with Crippen LogP contribution in [0, 0.1) is 6.92 Å². The Kier molecular flexibility index (Phi) is 5.65. The lowest BCUT2D eigenvalue weighted by Gasteiger charge is -2.13. The monoisotopic (exact) mass is 418 g/mol. The summed E-state index contributed by atoms with van der Waals surface area (Å²) in [5.41, 5.74) is 4.16. The third kappa shape index (κ3) is 3.99. The minimum absolute atomic E-state index is 0.196. The van der Waals surface area contributed by atoms with E-state index in [0.717, 1.165) is 16.7 Å². The molecule has 4 aromatic rings. The highest BCUT2D eigenvalue weighted by molar-refractivity contribution is 6.32. The van der Waals surface area contributed by atoms with Crippen molar-refractivity contribution in [1.82, 2.24) is 0 Å². The van der Waals surface area contributed by atoms with Gasteiger partial charge in [-0.1, -0.05) is 80.0 Å². The summed E-state index contributed by atoms with van der Waals surface area (Å²) in [5.74, 6) is 1.08. The summed E-state index contributed by atoms with van der Waals surface area (Å²) >= 11 is 6.26. The number of aryl methyl sites for hydroxylation is 1. The van der Waals surface area contributed by atoms with Crippen LogP contribution in [0.25, 0.3) is 22.3 Å². The summed E-state index contributed by atoms with van der Waals surface area (Å²) in [7, 11) is 0. The predicted octanol–water partition coefficient (Wildman–Crippen LogP) is 7.12. The second-order valence-corrected chi connectivity index (χ2v) is 8.15. The lowest BCUT2D eigenvalue weighted by atomic mass is 10.0. The maximum Gasteiger partial charge on any atom is 0.235 e. The molecule has 4 heteroatoms. The second kappa shape index (κ2) is 8.37. The Bertz CT molecular complexity index is 1240. The van der Waals surface area contributed by atoms with Gasteiger partial charge < -0.3 is 9.15 Å². The molecule has 0 aliphatic heterocycles. The Balaban J connectivity index is 1.79. The van der Waals surface area contributed by atoms with Gasteiger partial charge >= 0.3 is 0 Å². The first-order chi connectivity index (χ1) is 14.4. The highest BCUT2D eigenvalue weighted by Crippen LogP contribution is 2.33. The van der Waals surface area contributed by atoms with Crippen LogP contribution in [0.5, 0.6) is 5.75 Å². The van der Waals surface area contributed by atoms with Crippen molar-refractivity contribution in [3.63, 3.8) is 0 Å². The van der Waals surface area contributed by atoms with Gasteiger partial charge in [-0.05, 0) is 41.7 Å². The van der Waals surface area contributed by atoms with Crippen molar-refractivity contribution < 1.29 is 9.15 Å². The van der Waals surface area contributed by atoms with E-state index >= 15 is 0 Å². The van der Waals surface area contributed by atoms with E-state index in [9.17, 15) is 4.79 Å². The minimum Gasteiger partial charge on any atom is -0.481 e. The third-order valence-electron chi connectivity index (χ3n) is 5.20. The molecule has 0 saturated carbocycles. The molecule has 0 radical (unpaired) electrons. The fourth-order valence-corrected chi connectivity index (χ4v) is 3.53. The molecule has 1 aromatic heterocycles. The zero-order valence-corrected chi connectivity index (χ0v) is 18.0. The Morgan fingerprint density at radius 2 is 1.70 bits per heavy atom. The molecule has 1 heterocycles. The van der Waals surface area contributed by atoms with E-state index in [0.29, 0.717) is 27.7 Å². The van der Waals surface area contributed by atoms with E-state index in [1.807, 2.05) is 49.4 Å². The zero-order valence-electron chi connectivity index (χ0n) is 17.2. The number of ether oxygens (including phenoxy) is 1. The SMILES string of the molecule is Cc1cc2oc(-c3ccccc3)c(OCc3ccc(C(C)C)cc3)c(=O)c2cc1Cl. The Hall–Kier alpha value is -3.04. The summed E-state index contributed by atoms with van der Waals surface area (Å²) in [4.78, 5) is 13.3. The van der Waals surface area contributed by atoms with E-state index in [-0.39, 0.29) is 17.8 Å². The van der Waals surface area contributed by atoms with Crippen LogP contribution in [0.15, 0.2) is 75.9 Å². The Morgan fingerprint density at radius 1 is 1.00 bits per heavy atom. The number of hydrogen-bond acceptors (Lipinski definition) is 3. The molecule has 0 unspecified atom stereocenters. The first kappa shape index (κ1) is 20.2. The van der Waals surface area contributed by atoms with Crippen molar-refractivity contribution in [2.24, 2.45) is 0 Å². The van der Waals surface area contributed by atoms with Gasteiger partial charge in [0, 0.05) is 10.6 Å². The largest absolute Gasteiger partial charge is 0.481 e. The molecule has 0 spiro atoms. The molecule has 30 heavy (non-hydrogen) atoms. The normalized spacial score (nSPS) is 11.2. The van der Waals surface area contributed by atoms with Crippen LogP contribution in [0.3, 0.4) is 0 Å². The summed E-state index contributed by atoms with van der Waals surface area (Å²) in [6.45, 7) is 6.47. The minimum atomic E-state index is -0.226. The van der Waals surface area contributed by atoms with Crippen molar-refractivity contribution in [2.45, 2.75) is 33.3 Å². The molecular weight excluding hydrogens is 396 g/mol. The van der Waals surface area contributed by atoms with E-state index in [1.54, 1.807) is 12.1 Å². The molecule has 0 bridgehead atoms. The third-order valence-corrected chi connectivity index (χ3v) is 5.60. The highest BCUT2D eigenvalue weighted by Gasteiger charge is 2.19. The molecule has 0 saturated heterocycles. The average molecular weight is 419 g/mol. The lowest BCUT2D eigenvalue weighted by Crippen LogP contribution is -2.10. The van der Waals surface area contributed by atoms with Gasteiger partial charge in [-0.2, -0.15) is 0 Å². The molecule has 152 valence electrons. The molecule has 4 rings (SSSR count). The molecule has 0 atom stereocenters. The topological polar surface area (TPSA) is 39.4 Å². The zero-order chi connectivity index (χ0) is 21.3. The van der Waals surface area contributed by atoms with Gasteiger partial charge in [0.05, 0.1) is 5.39 Å². The van der Waals surface area contributed by atoms with Gasteiger partial charge in [-0.25, -0.2) is 0 Å². The molecule has 0 N–H and O–H groups in total. The van der Waals surface area contributed by atoms with Crippen molar-refractivity contribution in [2.75, 3.05) is 0 Å². The van der Waals surface area contributed by atoms with E-state index in [2.05, 4.69) is 26.0 Å². The van der Waals surface area contributed by atoms with Gasteiger partial charge in [0.1, 0.15) is 12.2 Å². The van der Waals surface area contributed by atoms with Gasteiger partial charge in [-0.3, -0.25) is 4.79 Å². The summed E-state index contributed by atoms with van der Waals surface area (Å²) in [6.07, 6.45) is 0. The molecule has 0 aliphatic rings. The Morgan fingerprint density at radius 3 is 2.37 bits per heavy atom. The molecule has 0 aliphatic carbocycles. The number of fused-ring (bicyclic) bond motifs is 1. The standard InChI is InChI=1S/C26H23ClO3/c1-16(2)19-11-9-18(10-12-19)15-29-26-24(28)21-14-22(27)17(3)13-23(21)30-25(26)20-7-5-4-6-8-20/h4-14,16H,15H2,1-3H3. The van der Waals surface area contributed by atoms with Crippen LogP contribution in [0.2, 0.25) is 5.02 Å². The van der Waals surface area contributed by atoms with Crippen molar-refractivity contribution in [3.8, 4) is 17.1 Å². The van der Waals surface area contributed by atoms with Crippen molar-refractivity contribution in [1.29, 1.82) is 0 Å². The summed E-state index contributed by atoms with van der Waals surface area (Å²) in [5, 5.41) is 0.938. The maximum atomic E-state index is 13.3. The van der Waals surface area contributed by atoms with E-state index < -0.39 is 0 Å². The maximum absolute atomic E-state index is 13.3. The molecule has 0 amide bonds. The van der Waals surface area contributed by atoms with Gasteiger partial charge in [-0.15, -0.1) is 0 Å². The van der Waals surface area contributed by atoms with Gasteiger partial charge in [0.15, 0.2) is 5.76 Å². The second-order valence-electron chi connectivity index (χ2n) is 7.74. The van der Waals surface area contributed by atoms with Crippen LogP contribution in [-0.4, -0.2) is 0 Å². The van der Waals surface area contributed by atoms with E-state index in [4.69, 9.17) is 20.8 Å². The van der Waals surface area contributed by atoms with Crippen LogP contribution < -0.4 is 10.2 Å². The Labute approximate surface area is 180 Å². The number of halogens is 1. The summed E-state index contributed by atoms with van der Waals surface area (Å²) in [6, 6.07) is 21.2. The average Bonchev–Trinajstić information content (AvgIpc) is 2.75. The van der Waals surface area contributed by atoms with E-state index in [1.165, 1.54) is 5.56 Å². The molecule has 3 aromatic carbocycles. The molecule has 0 fully saturated rings. The predicted molar refractivity (Wildman–Crippen MR) is 123 cm³/mol. The summed E-state index contributed by atoms with van der Waals surface area (Å²) < 4.78 is 12.2. The fraction of sp³-hybridized carbons (Fsp3) is 0.192. The first-order valence-corrected chi connectivity index (χ1v) is 10.4. The first-order valence-electron chi connectivity index (χ1n) is 9.98. The van der Waals surface area contributed by atoms with Crippen molar-refractivity contribution >= 4 is 22.6 Å². The number of hydrogen-bond donors (Lipinski definition) is 0. The fourth-order valence-electron chi connectivity index (χ4n) is 3.36. The lowest BCUT2D eigenvalue weighted by molar-refractivity contribution is 0.298. The molecular formula is C26H23ClO3. The molecule has 3 nitrogen and oxygen atoms in total.